The molecule has 1 fully saturated rings. The molecule has 0 amide bonds. The summed E-state index contributed by atoms with van der Waals surface area (Å²) in [5.41, 5.74) is 0.285. The highest BCUT2D eigenvalue weighted by atomic mass is 19.3. The van der Waals surface area contributed by atoms with Crippen LogP contribution >= 0.6 is 0 Å². The van der Waals surface area contributed by atoms with Crippen LogP contribution in [0.2, 0.25) is 0 Å². The fourth-order valence-corrected chi connectivity index (χ4v) is 0.508. The van der Waals surface area contributed by atoms with Gasteiger partial charge in [0, 0.05) is 12.0 Å². The molecule has 0 atom stereocenters. The summed E-state index contributed by atoms with van der Waals surface area (Å²) in [5, 5.41) is 0. The lowest BCUT2D eigenvalue weighted by molar-refractivity contribution is 0.136. The zero-order valence-corrected chi connectivity index (χ0v) is 4.04. The van der Waals surface area contributed by atoms with E-state index in [2.05, 4.69) is 0 Å². The number of halogens is 2. The first kappa shape index (κ1) is 4.75. The van der Waals surface area contributed by atoms with Crippen LogP contribution in [0.5, 0.6) is 0 Å². The molecule has 2 heteroatoms. The molecule has 0 unspecified atom stereocenters. The van der Waals surface area contributed by atoms with Gasteiger partial charge in [-0.1, -0.05) is 6.08 Å². The Kier molecular flexibility index (Phi) is 0.716. The highest BCUT2D eigenvalue weighted by Gasteiger charge is 2.49. The minimum absolute atomic E-state index is 0.0104. The molecule has 0 saturated heterocycles. The normalized spacial score (nSPS) is 31.0. The van der Waals surface area contributed by atoms with E-state index in [1.807, 2.05) is 0 Å². The Morgan fingerprint density at radius 1 is 1.71 bits per heavy atom. The molecule has 1 saturated carbocycles. The van der Waals surface area contributed by atoms with Crippen molar-refractivity contribution in [1.29, 1.82) is 0 Å². The van der Waals surface area contributed by atoms with Gasteiger partial charge in [0.15, 0.2) is 0 Å². The van der Waals surface area contributed by atoms with E-state index in [1.165, 1.54) is 6.08 Å². The van der Waals surface area contributed by atoms with Crippen molar-refractivity contribution in [3.05, 3.63) is 11.6 Å². The Balaban J connectivity index is 2.61. The molecule has 7 heavy (non-hydrogen) atoms. The van der Waals surface area contributed by atoms with Crippen LogP contribution in [0.4, 0.5) is 8.78 Å². The van der Waals surface area contributed by atoms with Gasteiger partial charge in [0.2, 0.25) is 0 Å². The Hall–Kier alpha value is -0.400. The van der Waals surface area contributed by atoms with Gasteiger partial charge in [-0.15, -0.1) is 0 Å². The number of hydrogen-bond acceptors (Lipinski definition) is 0. The van der Waals surface area contributed by atoms with Crippen LogP contribution in [0.15, 0.2) is 11.6 Å². The second kappa shape index (κ2) is 1.05. The Bertz CT molecular complexity index is 113. The fourth-order valence-electron chi connectivity index (χ4n) is 0.508. The molecule has 1 rings (SSSR count). The van der Waals surface area contributed by atoms with Crippen LogP contribution in [0.3, 0.4) is 0 Å². The zero-order valence-electron chi connectivity index (χ0n) is 4.04. The molecule has 0 aromatic heterocycles. The van der Waals surface area contributed by atoms with Crippen LogP contribution < -0.4 is 0 Å². The fraction of sp³-hybridized carbons (Fsp3) is 0.600. The van der Waals surface area contributed by atoms with Crippen LogP contribution in [-0.4, -0.2) is 5.92 Å². The molecule has 0 heterocycles. The molecular formula is C5H6F2. The van der Waals surface area contributed by atoms with Gasteiger partial charge >= 0.3 is 0 Å². The third kappa shape index (κ3) is 0.646. The highest BCUT2D eigenvalue weighted by Crippen LogP contribution is 2.47. The largest absolute Gasteiger partial charge is 0.273 e. The third-order valence-corrected chi connectivity index (χ3v) is 1.11. The molecule has 0 bridgehead atoms. The van der Waals surface area contributed by atoms with E-state index >= 15 is 0 Å². The van der Waals surface area contributed by atoms with E-state index in [0.717, 1.165) is 0 Å². The van der Waals surface area contributed by atoms with Gasteiger partial charge in [-0.25, -0.2) is 8.78 Å². The molecule has 1 aliphatic carbocycles. The van der Waals surface area contributed by atoms with Crippen molar-refractivity contribution >= 4 is 0 Å². The molecular weight excluding hydrogens is 98.1 g/mol. The van der Waals surface area contributed by atoms with Crippen molar-refractivity contribution in [3.8, 4) is 0 Å². The van der Waals surface area contributed by atoms with E-state index in [1.54, 1.807) is 6.92 Å². The molecule has 0 N–H and O–H groups in total. The Morgan fingerprint density at radius 2 is 2.14 bits per heavy atom. The first-order chi connectivity index (χ1) is 3.17. The predicted molar refractivity (Wildman–Crippen MR) is 23.3 cm³/mol. The lowest BCUT2D eigenvalue weighted by Gasteiger charge is -1.79. The topological polar surface area (TPSA) is 0 Å². The standard InChI is InChI=1S/C5H6F2/c1-2-4-3-5(4,6)7/h2H,3H2,1H3. The van der Waals surface area contributed by atoms with Gasteiger partial charge in [-0.2, -0.15) is 0 Å². The summed E-state index contributed by atoms with van der Waals surface area (Å²) in [7, 11) is 0. The quantitative estimate of drug-likeness (QED) is 0.412. The number of alkyl halides is 2. The minimum Gasteiger partial charge on any atom is -0.201 e. The third-order valence-electron chi connectivity index (χ3n) is 1.11. The van der Waals surface area contributed by atoms with Crippen molar-refractivity contribution in [2.24, 2.45) is 0 Å². The van der Waals surface area contributed by atoms with E-state index in [4.69, 9.17) is 0 Å². The van der Waals surface area contributed by atoms with Crippen molar-refractivity contribution in [2.75, 3.05) is 0 Å². The van der Waals surface area contributed by atoms with Crippen LogP contribution in [0.25, 0.3) is 0 Å². The molecule has 0 radical (unpaired) electrons. The molecule has 1 aliphatic rings. The summed E-state index contributed by atoms with van der Waals surface area (Å²) in [6.45, 7) is 1.64. The summed E-state index contributed by atoms with van der Waals surface area (Å²) in [4.78, 5) is 0. The minimum atomic E-state index is -2.42. The maximum absolute atomic E-state index is 11.7. The van der Waals surface area contributed by atoms with Gasteiger partial charge in [0.25, 0.3) is 5.92 Å². The average Bonchev–Trinajstić information content (AvgIpc) is 2.13. The van der Waals surface area contributed by atoms with Crippen molar-refractivity contribution in [3.63, 3.8) is 0 Å². The second-order valence-electron chi connectivity index (χ2n) is 1.70. The number of allylic oxidation sites excluding steroid dienone is 2. The summed E-state index contributed by atoms with van der Waals surface area (Å²) in [6.07, 6.45) is 1.46. The monoisotopic (exact) mass is 104 g/mol. The highest BCUT2D eigenvalue weighted by molar-refractivity contribution is 5.29. The van der Waals surface area contributed by atoms with Gasteiger partial charge in [0.05, 0.1) is 0 Å². The van der Waals surface area contributed by atoms with E-state index in [0.29, 0.717) is 0 Å². The number of hydrogen-bond donors (Lipinski definition) is 0. The van der Waals surface area contributed by atoms with E-state index in [-0.39, 0.29) is 12.0 Å². The summed E-state index contributed by atoms with van der Waals surface area (Å²) >= 11 is 0. The zero-order chi connectivity index (χ0) is 5.49. The SMILES string of the molecule is CC=C1CC1(F)F. The van der Waals surface area contributed by atoms with Gasteiger partial charge in [0.1, 0.15) is 0 Å². The second-order valence-corrected chi connectivity index (χ2v) is 1.70. The summed E-state index contributed by atoms with van der Waals surface area (Å²) in [5.74, 6) is -2.42. The average molecular weight is 104 g/mol. The van der Waals surface area contributed by atoms with E-state index in [9.17, 15) is 8.78 Å². The first-order valence-electron chi connectivity index (χ1n) is 2.20. The van der Waals surface area contributed by atoms with Crippen LogP contribution in [0, 0.1) is 0 Å². The van der Waals surface area contributed by atoms with Gasteiger partial charge in [-0.05, 0) is 6.92 Å². The van der Waals surface area contributed by atoms with E-state index < -0.39 is 5.92 Å². The summed E-state index contributed by atoms with van der Waals surface area (Å²) < 4.78 is 23.5. The predicted octanol–water partition coefficient (Wildman–Crippen LogP) is 1.97. The summed E-state index contributed by atoms with van der Waals surface area (Å²) in [6, 6.07) is 0. The Morgan fingerprint density at radius 3 is 2.14 bits per heavy atom. The Labute approximate surface area is 40.8 Å². The first-order valence-corrected chi connectivity index (χ1v) is 2.20. The molecule has 0 aliphatic heterocycles. The smallest absolute Gasteiger partial charge is 0.201 e. The lowest BCUT2D eigenvalue weighted by Crippen LogP contribution is -1.82. The number of rotatable bonds is 0. The maximum atomic E-state index is 11.7. The van der Waals surface area contributed by atoms with Crippen molar-refractivity contribution < 1.29 is 8.78 Å². The lowest BCUT2D eigenvalue weighted by atomic mass is 10.5. The van der Waals surface area contributed by atoms with Crippen LogP contribution in [0.1, 0.15) is 13.3 Å². The van der Waals surface area contributed by atoms with Gasteiger partial charge in [-0.3, -0.25) is 0 Å². The molecule has 0 aromatic carbocycles. The molecule has 40 valence electrons. The molecule has 0 spiro atoms. The van der Waals surface area contributed by atoms with Crippen molar-refractivity contribution in [2.45, 2.75) is 19.3 Å². The van der Waals surface area contributed by atoms with Gasteiger partial charge < -0.3 is 0 Å². The van der Waals surface area contributed by atoms with Crippen molar-refractivity contribution in [1.82, 2.24) is 0 Å². The maximum Gasteiger partial charge on any atom is 0.273 e. The molecule has 0 aromatic rings. The van der Waals surface area contributed by atoms with Crippen LogP contribution in [-0.2, 0) is 0 Å². The molecule has 0 nitrogen and oxygen atoms in total.